The molecule has 0 spiro atoms. The van der Waals surface area contributed by atoms with Crippen LogP contribution in [-0.2, 0) is 9.53 Å². The summed E-state index contributed by atoms with van der Waals surface area (Å²) in [6.07, 6.45) is 4.40. The van der Waals surface area contributed by atoms with Crippen molar-refractivity contribution in [2.45, 2.75) is 38.6 Å². The van der Waals surface area contributed by atoms with Gasteiger partial charge in [-0.3, -0.25) is 9.59 Å². The Hall–Kier alpha value is -2.67. The van der Waals surface area contributed by atoms with Crippen LogP contribution in [0.15, 0.2) is 41.8 Å². The second kappa shape index (κ2) is 9.50. The molecule has 28 heavy (non-hydrogen) atoms. The van der Waals surface area contributed by atoms with Crippen molar-refractivity contribution in [1.82, 2.24) is 5.32 Å². The molecule has 1 aliphatic rings. The van der Waals surface area contributed by atoms with Gasteiger partial charge in [-0.2, -0.15) is 0 Å². The average Bonchev–Trinajstić information content (AvgIpc) is 3.23. The summed E-state index contributed by atoms with van der Waals surface area (Å²) in [5, 5.41) is 7.55. The maximum Gasteiger partial charge on any atom is 0.338 e. The highest BCUT2D eigenvalue weighted by molar-refractivity contribution is 7.12. The van der Waals surface area contributed by atoms with E-state index in [-0.39, 0.29) is 24.5 Å². The highest BCUT2D eigenvalue weighted by Crippen LogP contribution is 2.23. The summed E-state index contributed by atoms with van der Waals surface area (Å²) in [7, 11) is 0. The minimum absolute atomic E-state index is 0.159. The molecule has 0 bridgehead atoms. The summed E-state index contributed by atoms with van der Waals surface area (Å²) >= 11 is 1.36. The summed E-state index contributed by atoms with van der Waals surface area (Å²) < 4.78 is 5.11. The Morgan fingerprint density at radius 1 is 1.11 bits per heavy atom. The van der Waals surface area contributed by atoms with E-state index in [4.69, 9.17) is 4.74 Å². The molecule has 1 heterocycles. The molecule has 2 N–H and O–H groups in total. The van der Waals surface area contributed by atoms with Gasteiger partial charge in [0.15, 0.2) is 6.61 Å². The van der Waals surface area contributed by atoms with Crippen LogP contribution in [0.5, 0.6) is 0 Å². The molecule has 1 fully saturated rings. The first kappa shape index (κ1) is 20.1. The second-order valence-corrected chi connectivity index (χ2v) is 7.97. The molecule has 6 nitrogen and oxygen atoms in total. The Balaban J connectivity index is 1.46. The van der Waals surface area contributed by atoms with Crippen molar-refractivity contribution in [3.63, 3.8) is 0 Å². The van der Waals surface area contributed by atoms with E-state index in [0.29, 0.717) is 22.0 Å². The van der Waals surface area contributed by atoms with Gasteiger partial charge in [0.25, 0.3) is 11.8 Å². The number of rotatable bonds is 6. The van der Waals surface area contributed by atoms with Gasteiger partial charge in [-0.15, -0.1) is 11.3 Å². The van der Waals surface area contributed by atoms with Gasteiger partial charge >= 0.3 is 5.97 Å². The number of esters is 1. The predicted octanol–water partition coefficient (Wildman–Crippen LogP) is 3.85. The zero-order valence-electron chi connectivity index (χ0n) is 15.8. The van der Waals surface area contributed by atoms with E-state index in [1.807, 2.05) is 11.4 Å². The van der Waals surface area contributed by atoms with Crippen LogP contribution in [-0.4, -0.2) is 30.4 Å². The summed E-state index contributed by atoms with van der Waals surface area (Å²) in [5.74, 6) is -0.584. The van der Waals surface area contributed by atoms with Crippen LogP contribution in [0.2, 0.25) is 0 Å². The van der Waals surface area contributed by atoms with E-state index in [1.54, 1.807) is 30.3 Å². The summed E-state index contributed by atoms with van der Waals surface area (Å²) in [4.78, 5) is 36.8. The molecule has 2 unspecified atom stereocenters. The van der Waals surface area contributed by atoms with Crippen molar-refractivity contribution in [2.24, 2.45) is 5.92 Å². The van der Waals surface area contributed by atoms with Gasteiger partial charge in [0.2, 0.25) is 0 Å². The number of anilines is 1. The van der Waals surface area contributed by atoms with Gasteiger partial charge in [0.05, 0.1) is 10.4 Å². The van der Waals surface area contributed by atoms with Crippen molar-refractivity contribution in [3.8, 4) is 0 Å². The molecule has 1 saturated carbocycles. The molecule has 1 aliphatic carbocycles. The van der Waals surface area contributed by atoms with Crippen LogP contribution in [0.25, 0.3) is 0 Å². The van der Waals surface area contributed by atoms with Gasteiger partial charge < -0.3 is 15.4 Å². The summed E-state index contributed by atoms with van der Waals surface area (Å²) in [6, 6.07) is 10.1. The minimum atomic E-state index is -0.567. The Bertz CT molecular complexity index is 817. The van der Waals surface area contributed by atoms with E-state index in [1.165, 1.54) is 17.8 Å². The fourth-order valence-corrected chi connectivity index (χ4v) is 3.90. The van der Waals surface area contributed by atoms with Gasteiger partial charge in [-0.25, -0.2) is 4.79 Å². The molecule has 1 aromatic heterocycles. The Morgan fingerprint density at radius 3 is 2.54 bits per heavy atom. The normalized spacial score (nSPS) is 18.9. The number of benzene rings is 1. The Kier molecular flexibility index (Phi) is 6.81. The van der Waals surface area contributed by atoms with E-state index >= 15 is 0 Å². The molecule has 0 saturated heterocycles. The van der Waals surface area contributed by atoms with E-state index in [2.05, 4.69) is 17.6 Å². The molecule has 7 heteroatoms. The van der Waals surface area contributed by atoms with Crippen LogP contribution in [0, 0.1) is 5.92 Å². The lowest BCUT2D eigenvalue weighted by Gasteiger charge is -2.29. The first-order chi connectivity index (χ1) is 13.5. The van der Waals surface area contributed by atoms with Crippen LogP contribution in [0.1, 0.15) is 52.6 Å². The second-order valence-electron chi connectivity index (χ2n) is 7.02. The minimum Gasteiger partial charge on any atom is -0.452 e. The van der Waals surface area contributed by atoms with E-state index < -0.39 is 5.97 Å². The SMILES string of the molecule is CC1CCCCC1NC(=O)COC(=O)c1ccc(NC(=O)c2cccs2)cc1. The quantitative estimate of drug-likeness (QED) is 0.722. The molecule has 2 aromatic rings. The Labute approximate surface area is 168 Å². The van der Waals surface area contributed by atoms with Gasteiger partial charge in [0, 0.05) is 11.7 Å². The van der Waals surface area contributed by atoms with Gasteiger partial charge in [0.1, 0.15) is 0 Å². The zero-order chi connectivity index (χ0) is 19.9. The van der Waals surface area contributed by atoms with Crippen molar-refractivity contribution in [2.75, 3.05) is 11.9 Å². The number of ether oxygens (including phenoxy) is 1. The number of nitrogens with one attached hydrogen (secondary N) is 2. The molecule has 148 valence electrons. The maximum absolute atomic E-state index is 12.1. The molecule has 0 aliphatic heterocycles. The fourth-order valence-electron chi connectivity index (χ4n) is 3.28. The Morgan fingerprint density at radius 2 is 1.86 bits per heavy atom. The standard InChI is InChI=1S/C21H24N2O4S/c1-14-5-2-3-6-17(14)23-19(24)13-27-21(26)15-8-10-16(11-9-15)22-20(25)18-7-4-12-28-18/h4,7-12,14,17H,2-3,5-6,13H2,1H3,(H,22,25)(H,23,24). The molecule has 2 atom stereocenters. The summed E-state index contributed by atoms with van der Waals surface area (Å²) in [6.45, 7) is 1.84. The lowest BCUT2D eigenvalue weighted by atomic mass is 9.86. The zero-order valence-corrected chi connectivity index (χ0v) is 16.6. The largest absolute Gasteiger partial charge is 0.452 e. The highest BCUT2D eigenvalue weighted by atomic mass is 32.1. The molecular weight excluding hydrogens is 376 g/mol. The summed E-state index contributed by atoms with van der Waals surface area (Å²) in [5.41, 5.74) is 0.909. The third-order valence-corrected chi connectivity index (χ3v) is 5.78. The third kappa shape index (κ3) is 5.42. The molecule has 0 radical (unpaired) electrons. The number of hydrogen-bond donors (Lipinski definition) is 2. The number of hydrogen-bond acceptors (Lipinski definition) is 5. The first-order valence-corrected chi connectivity index (χ1v) is 10.3. The van der Waals surface area contributed by atoms with Crippen LogP contribution in [0.4, 0.5) is 5.69 Å². The topological polar surface area (TPSA) is 84.5 Å². The maximum atomic E-state index is 12.1. The van der Waals surface area contributed by atoms with E-state index in [9.17, 15) is 14.4 Å². The number of carbonyl (C=O) groups is 3. The van der Waals surface area contributed by atoms with Crippen molar-refractivity contribution in [1.29, 1.82) is 0 Å². The van der Waals surface area contributed by atoms with Crippen molar-refractivity contribution < 1.29 is 19.1 Å². The molecule has 1 aromatic carbocycles. The number of amides is 2. The van der Waals surface area contributed by atoms with E-state index in [0.717, 1.165) is 19.3 Å². The lowest BCUT2D eigenvalue weighted by Crippen LogP contribution is -2.42. The van der Waals surface area contributed by atoms with Crippen molar-refractivity contribution >= 4 is 34.8 Å². The molecule has 2 amide bonds. The number of carbonyl (C=O) groups excluding carboxylic acids is 3. The molecular formula is C21H24N2O4S. The number of thiophene rings is 1. The first-order valence-electron chi connectivity index (χ1n) is 9.44. The van der Waals surface area contributed by atoms with Gasteiger partial charge in [-0.05, 0) is 54.5 Å². The predicted molar refractivity (Wildman–Crippen MR) is 109 cm³/mol. The van der Waals surface area contributed by atoms with Crippen LogP contribution < -0.4 is 10.6 Å². The van der Waals surface area contributed by atoms with Crippen LogP contribution in [0.3, 0.4) is 0 Å². The lowest BCUT2D eigenvalue weighted by molar-refractivity contribution is -0.125. The monoisotopic (exact) mass is 400 g/mol. The van der Waals surface area contributed by atoms with Gasteiger partial charge in [-0.1, -0.05) is 25.8 Å². The molecule has 3 rings (SSSR count). The third-order valence-electron chi connectivity index (χ3n) is 4.92. The van der Waals surface area contributed by atoms with Crippen LogP contribution >= 0.6 is 11.3 Å². The van der Waals surface area contributed by atoms with Crippen molar-refractivity contribution in [3.05, 3.63) is 52.2 Å². The average molecular weight is 401 g/mol. The fraction of sp³-hybridized carbons (Fsp3) is 0.381. The smallest absolute Gasteiger partial charge is 0.338 e. The highest BCUT2D eigenvalue weighted by Gasteiger charge is 2.23.